The summed E-state index contributed by atoms with van der Waals surface area (Å²) in [4.78, 5) is 0. The molecule has 0 amide bonds. The Morgan fingerprint density at radius 2 is 1.94 bits per heavy atom. The summed E-state index contributed by atoms with van der Waals surface area (Å²) < 4.78 is 1.86. The minimum Gasteiger partial charge on any atom is -0.492 e. The molecule has 1 aromatic heterocycles. The Morgan fingerprint density at radius 3 is 2.56 bits per heavy atom. The third kappa shape index (κ3) is 2.24. The second-order valence-corrected chi connectivity index (χ2v) is 4.33. The molecule has 3 heteroatoms. The van der Waals surface area contributed by atoms with Gasteiger partial charge in [-0.1, -0.05) is 44.2 Å². The average Bonchev–Trinajstić information content (AvgIpc) is 2.60. The van der Waals surface area contributed by atoms with Crippen molar-refractivity contribution in [2.24, 2.45) is 5.92 Å². The highest BCUT2D eigenvalue weighted by atomic mass is 16.3. The van der Waals surface area contributed by atoms with Crippen LogP contribution in [0.1, 0.15) is 13.8 Å². The van der Waals surface area contributed by atoms with Crippen LogP contribution in [0.5, 0.6) is 5.88 Å². The van der Waals surface area contributed by atoms with E-state index in [0.29, 0.717) is 5.92 Å². The molecule has 0 bridgehead atoms. The van der Waals surface area contributed by atoms with E-state index in [0.717, 1.165) is 17.8 Å². The van der Waals surface area contributed by atoms with E-state index < -0.39 is 0 Å². The molecule has 3 nitrogen and oxygen atoms in total. The number of nitrogens with zero attached hydrogens (tertiary/aromatic N) is 2. The highest BCUT2D eigenvalue weighted by molar-refractivity contribution is 5.60. The van der Waals surface area contributed by atoms with E-state index in [9.17, 15) is 5.11 Å². The number of benzene rings is 1. The Morgan fingerprint density at radius 1 is 1.25 bits per heavy atom. The van der Waals surface area contributed by atoms with Crippen molar-refractivity contribution >= 4 is 0 Å². The SMILES string of the molecule is CC(C)Cn1nc(O)cc1-c1ccccc1. The van der Waals surface area contributed by atoms with Gasteiger partial charge >= 0.3 is 0 Å². The van der Waals surface area contributed by atoms with Gasteiger partial charge in [0.2, 0.25) is 5.88 Å². The van der Waals surface area contributed by atoms with Gasteiger partial charge in [0.15, 0.2) is 0 Å². The predicted molar refractivity (Wildman–Crippen MR) is 64.2 cm³/mol. The van der Waals surface area contributed by atoms with Gasteiger partial charge in [0.05, 0.1) is 5.69 Å². The molecule has 16 heavy (non-hydrogen) atoms. The molecule has 1 aromatic carbocycles. The molecule has 0 radical (unpaired) electrons. The average molecular weight is 216 g/mol. The highest BCUT2D eigenvalue weighted by Crippen LogP contribution is 2.23. The van der Waals surface area contributed by atoms with Crippen molar-refractivity contribution in [1.82, 2.24) is 9.78 Å². The second kappa shape index (κ2) is 4.39. The summed E-state index contributed by atoms with van der Waals surface area (Å²) in [6.45, 7) is 5.08. The van der Waals surface area contributed by atoms with Gasteiger partial charge in [-0.2, -0.15) is 0 Å². The largest absolute Gasteiger partial charge is 0.492 e. The van der Waals surface area contributed by atoms with Crippen LogP contribution in [-0.4, -0.2) is 14.9 Å². The third-order valence-corrected chi connectivity index (χ3v) is 2.37. The maximum Gasteiger partial charge on any atom is 0.230 e. The van der Waals surface area contributed by atoms with E-state index in [2.05, 4.69) is 18.9 Å². The minimum absolute atomic E-state index is 0.0829. The predicted octanol–water partition coefficient (Wildman–Crippen LogP) is 2.91. The van der Waals surface area contributed by atoms with Crippen LogP contribution >= 0.6 is 0 Å². The number of rotatable bonds is 3. The van der Waals surface area contributed by atoms with Crippen LogP contribution in [0.15, 0.2) is 36.4 Å². The van der Waals surface area contributed by atoms with Crippen molar-refractivity contribution in [3.05, 3.63) is 36.4 Å². The highest BCUT2D eigenvalue weighted by Gasteiger charge is 2.09. The van der Waals surface area contributed by atoms with Gasteiger partial charge in [-0.3, -0.25) is 4.68 Å². The fourth-order valence-electron chi connectivity index (χ4n) is 1.73. The van der Waals surface area contributed by atoms with E-state index in [1.807, 2.05) is 35.0 Å². The van der Waals surface area contributed by atoms with Crippen LogP contribution in [0.4, 0.5) is 0 Å². The minimum atomic E-state index is 0.0829. The molecule has 2 rings (SSSR count). The molecule has 1 N–H and O–H groups in total. The van der Waals surface area contributed by atoms with E-state index >= 15 is 0 Å². The first kappa shape index (κ1) is 10.7. The van der Waals surface area contributed by atoms with Gasteiger partial charge in [0.1, 0.15) is 0 Å². The van der Waals surface area contributed by atoms with Crippen molar-refractivity contribution in [3.63, 3.8) is 0 Å². The molecule has 1 heterocycles. The van der Waals surface area contributed by atoms with E-state index in [-0.39, 0.29) is 5.88 Å². The standard InChI is InChI=1S/C13H16N2O/c1-10(2)9-15-12(8-13(16)14-15)11-6-4-3-5-7-11/h3-8,10H,9H2,1-2H3,(H,14,16). The van der Waals surface area contributed by atoms with Gasteiger partial charge in [0, 0.05) is 12.6 Å². The first-order valence-electron chi connectivity index (χ1n) is 5.49. The number of aromatic hydroxyl groups is 1. The summed E-state index contributed by atoms with van der Waals surface area (Å²) in [6, 6.07) is 11.7. The lowest BCUT2D eigenvalue weighted by molar-refractivity contribution is 0.421. The second-order valence-electron chi connectivity index (χ2n) is 4.33. The fraction of sp³-hybridized carbons (Fsp3) is 0.308. The molecule has 0 saturated heterocycles. The molecular formula is C13H16N2O. The smallest absolute Gasteiger partial charge is 0.230 e. The van der Waals surface area contributed by atoms with Gasteiger partial charge in [-0.25, -0.2) is 0 Å². The van der Waals surface area contributed by atoms with Crippen LogP contribution in [-0.2, 0) is 6.54 Å². The van der Waals surface area contributed by atoms with E-state index in [1.165, 1.54) is 0 Å². The lowest BCUT2D eigenvalue weighted by Crippen LogP contribution is -2.07. The molecule has 0 spiro atoms. The molecule has 0 fully saturated rings. The third-order valence-electron chi connectivity index (χ3n) is 2.37. The summed E-state index contributed by atoms with van der Waals surface area (Å²) >= 11 is 0. The molecular weight excluding hydrogens is 200 g/mol. The maximum absolute atomic E-state index is 9.48. The molecule has 84 valence electrons. The Kier molecular flexibility index (Phi) is 2.95. The number of hydrogen-bond acceptors (Lipinski definition) is 2. The lowest BCUT2D eigenvalue weighted by Gasteiger charge is -2.09. The van der Waals surface area contributed by atoms with Crippen molar-refractivity contribution in [1.29, 1.82) is 0 Å². The molecule has 0 atom stereocenters. The first-order chi connectivity index (χ1) is 7.66. The van der Waals surface area contributed by atoms with Crippen molar-refractivity contribution in [3.8, 4) is 17.1 Å². The van der Waals surface area contributed by atoms with E-state index in [1.54, 1.807) is 6.07 Å². The van der Waals surface area contributed by atoms with Crippen molar-refractivity contribution < 1.29 is 5.11 Å². The van der Waals surface area contributed by atoms with Crippen molar-refractivity contribution in [2.45, 2.75) is 20.4 Å². The maximum atomic E-state index is 9.48. The topological polar surface area (TPSA) is 38.0 Å². The van der Waals surface area contributed by atoms with Crippen LogP contribution < -0.4 is 0 Å². The van der Waals surface area contributed by atoms with Gasteiger partial charge < -0.3 is 5.11 Å². The molecule has 0 saturated carbocycles. The normalized spacial score (nSPS) is 10.9. The number of hydrogen-bond donors (Lipinski definition) is 1. The van der Waals surface area contributed by atoms with Gasteiger partial charge in [-0.05, 0) is 11.5 Å². The zero-order chi connectivity index (χ0) is 11.5. The van der Waals surface area contributed by atoms with Crippen molar-refractivity contribution in [2.75, 3.05) is 0 Å². The number of aromatic nitrogens is 2. The summed E-state index contributed by atoms with van der Waals surface area (Å²) in [7, 11) is 0. The first-order valence-corrected chi connectivity index (χ1v) is 5.49. The zero-order valence-corrected chi connectivity index (χ0v) is 9.59. The van der Waals surface area contributed by atoms with Crippen LogP contribution in [0.25, 0.3) is 11.3 Å². The Labute approximate surface area is 95.3 Å². The van der Waals surface area contributed by atoms with Crippen LogP contribution in [0.3, 0.4) is 0 Å². The molecule has 2 aromatic rings. The summed E-state index contributed by atoms with van der Waals surface area (Å²) in [5.74, 6) is 0.585. The Balaban J connectivity index is 2.40. The molecule has 0 aliphatic heterocycles. The molecule has 0 aliphatic rings. The zero-order valence-electron chi connectivity index (χ0n) is 9.59. The van der Waals surface area contributed by atoms with E-state index in [4.69, 9.17) is 0 Å². The Bertz CT molecular complexity index is 460. The summed E-state index contributed by atoms with van der Waals surface area (Å²) in [5, 5.41) is 13.6. The Hall–Kier alpha value is -1.77. The summed E-state index contributed by atoms with van der Waals surface area (Å²) in [5.41, 5.74) is 2.04. The van der Waals surface area contributed by atoms with Crippen LogP contribution in [0.2, 0.25) is 0 Å². The molecule has 0 aliphatic carbocycles. The monoisotopic (exact) mass is 216 g/mol. The van der Waals surface area contributed by atoms with Gasteiger partial charge in [0.25, 0.3) is 0 Å². The van der Waals surface area contributed by atoms with Gasteiger partial charge in [-0.15, -0.1) is 5.10 Å². The van der Waals surface area contributed by atoms with Crippen LogP contribution in [0, 0.1) is 5.92 Å². The lowest BCUT2D eigenvalue weighted by atomic mass is 10.1. The quantitative estimate of drug-likeness (QED) is 0.856. The fourth-order valence-corrected chi connectivity index (χ4v) is 1.73. The molecule has 0 unspecified atom stereocenters. The summed E-state index contributed by atoms with van der Waals surface area (Å²) in [6.07, 6.45) is 0.